The smallest absolute Gasteiger partial charge is 0.373 e. The van der Waals surface area contributed by atoms with Gasteiger partial charge in [0, 0.05) is 31.5 Å². The van der Waals surface area contributed by atoms with Crippen LogP contribution in [0.4, 0.5) is 5.82 Å². The van der Waals surface area contributed by atoms with Gasteiger partial charge in [0.05, 0.1) is 38.7 Å². The fourth-order valence-electron chi connectivity index (χ4n) is 4.52. The number of aliphatic hydroxyl groups excluding tert-OH is 1. The Kier molecular flexibility index (Phi) is 12.7. The summed E-state index contributed by atoms with van der Waals surface area (Å²) in [6, 6.07) is 17.1. The number of hydrogen-bond acceptors (Lipinski definition) is 9. The zero-order valence-corrected chi connectivity index (χ0v) is 22.8. The minimum atomic E-state index is 0.0507. The topological polar surface area (TPSA) is 114 Å². The first-order chi connectivity index (χ1) is 19.0. The van der Waals surface area contributed by atoms with Gasteiger partial charge in [0.25, 0.3) is 0 Å². The highest BCUT2D eigenvalue weighted by Gasteiger charge is 2.25. The number of aryl methyl sites for hydroxylation is 1. The lowest BCUT2D eigenvalue weighted by molar-refractivity contribution is -0.191. The van der Waals surface area contributed by atoms with E-state index in [1.165, 1.54) is 22.3 Å². The van der Waals surface area contributed by atoms with E-state index in [1.54, 1.807) is 0 Å². The van der Waals surface area contributed by atoms with E-state index in [4.69, 9.17) is 34.1 Å². The molecule has 2 aromatic carbocycles. The first kappa shape index (κ1) is 30.1. The Morgan fingerprint density at radius 1 is 1.00 bits per heavy atom. The second kappa shape index (κ2) is 16.5. The van der Waals surface area contributed by atoms with E-state index in [1.807, 2.05) is 6.07 Å². The van der Waals surface area contributed by atoms with Gasteiger partial charge in [0.15, 0.2) is 0 Å². The van der Waals surface area contributed by atoms with Crippen molar-refractivity contribution < 1.29 is 24.2 Å². The molecule has 3 aromatic rings. The van der Waals surface area contributed by atoms with Crippen LogP contribution in [0, 0.1) is 6.92 Å². The molecule has 0 amide bonds. The van der Waals surface area contributed by atoms with Crippen molar-refractivity contribution in [2.45, 2.75) is 26.2 Å². The summed E-state index contributed by atoms with van der Waals surface area (Å²) in [6.45, 7) is 6.99. The van der Waals surface area contributed by atoms with Gasteiger partial charge in [-0.05, 0) is 43.6 Å². The Labute approximate surface area is 230 Å². The second-order valence-electron chi connectivity index (χ2n) is 9.43. The third-order valence-corrected chi connectivity index (χ3v) is 6.36. The highest BCUT2D eigenvalue weighted by molar-refractivity contribution is 5.84. The monoisotopic (exact) mass is 534 g/mol. The van der Waals surface area contributed by atoms with Crippen molar-refractivity contribution >= 4 is 12.0 Å². The molecule has 0 spiro atoms. The lowest BCUT2D eigenvalue weighted by atomic mass is 10.0. The number of anilines is 1. The first-order valence-electron chi connectivity index (χ1n) is 13.3. The van der Waals surface area contributed by atoms with Crippen molar-refractivity contribution in [1.29, 1.82) is 0 Å². The molecule has 9 heteroatoms. The lowest BCUT2D eigenvalue weighted by Gasteiger charge is -2.18. The van der Waals surface area contributed by atoms with Gasteiger partial charge in [-0.15, -0.1) is 0 Å². The van der Waals surface area contributed by atoms with Gasteiger partial charge in [-0.25, -0.2) is 9.97 Å². The van der Waals surface area contributed by atoms with Crippen molar-refractivity contribution in [2.75, 3.05) is 65.0 Å². The average molecular weight is 535 g/mol. The molecule has 208 valence electrons. The van der Waals surface area contributed by atoms with E-state index in [2.05, 4.69) is 66.7 Å². The molecule has 0 atom stereocenters. The van der Waals surface area contributed by atoms with Crippen LogP contribution >= 0.6 is 0 Å². The quantitative estimate of drug-likeness (QED) is 0.222. The zero-order valence-electron chi connectivity index (χ0n) is 22.8. The number of aromatic nitrogens is 2. The number of nitrogens with zero attached hydrogens (tertiary/aromatic N) is 3. The standard InChI is InChI=1S/C29H38N4O3.CO2/c1-22-9-10-25-24(19-22)21-26-28(25)29(32-27(31-26)20-23-7-4-3-5-8-23)30-11-6-12-33(2)13-15-35-17-18-36-16-14-34;2-1-3/h3-5,7-10,19,34H,6,11-18,20-21H2,1-2H3,(H,30,31,32);. The Hall–Kier alpha value is -3.46. The number of benzene rings is 2. The summed E-state index contributed by atoms with van der Waals surface area (Å²) in [5, 5.41) is 12.3. The summed E-state index contributed by atoms with van der Waals surface area (Å²) in [6.07, 6.45) is 2.84. The molecule has 0 unspecified atom stereocenters. The van der Waals surface area contributed by atoms with Crippen LogP contribution in [0.5, 0.6) is 0 Å². The summed E-state index contributed by atoms with van der Waals surface area (Å²) in [5.74, 6) is 1.81. The summed E-state index contributed by atoms with van der Waals surface area (Å²) < 4.78 is 10.8. The summed E-state index contributed by atoms with van der Waals surface area (Å²) in [7, 11) is 2.12. The summed E-state index contributed by atoms with van der Waals surface area (Å²) in [5.41, 5.74) is 7.36. The fraction of sp³-hybridized carbons (Fsp3) is 0.433. The summed E-state index contributed by atoms with van der Waals surface area (Å²) >= 11 is 0. The third-order valence-electron chi connectivity index (χ3n) is 6.36. The minimum Gasteiger partial charge on any atom is -0.394 e. The van der Waals surface area contributed by atoms with Crippen LogP contribution in [0.15, 0.2) is 48.5 Å². The molecule has 2 N–H and O–H groups in total. The maximum absolute atomic E-state index is 8.71. The number of rotatable bonds is 15. The Bertz CT molecular complexity index is 1200. The third kappa shape index (κ3) is 9.66. The fourth-order valence-corrected chi connectivity index (χ4v) is 4.52. The SMILES string of the molecule is Cc1ccc2c(c1)Cc1nc(Cc3ccccc3)nc(NCCCN(C)CCOCCOCCO)c1-2.O=C=O. The van der Waals surface area contributed by atoms with Crippen molar-refractivity contribution in [1.82, 2.24) is 14.9 Å². The van der Waals surface area contributed by atoms with E-state index in [9.17, 15) is 0 Å². The average Bonchev–Trinajstić information content (AvgIpc) is 3.29. The highest BCUT2D eigenvalue weighted by atomic mass is 16.5. The van der Waals surface area contributed by atoms with Gasteiger partial charge < -0.3 is 24.8 Å². The van der Waals surface area contributed by atoms with Crippen LogP contribution in [-0.2, 0) is 31.9 Å². The van der Waals surface area contributed by atoms with Gasteiger partial charge in [-0.1, -0.05) is 54.1 Å². The van der Waals surface area contributed by atoms with Crippen molar-refractivity contribution in [3.05, 3.63) is 76.7 Å². The van der Waals surface area contributed by atoms with Crippen molar-refractivity contribution in [3.63, 3.8) is 0 Å². The lowest BCUT2D eigenvalue weighted by Crippen LogP contribution is -2.26. The van der Waals surface area contributed by atoms with Crippen LogP contribution in [0.1, 0.15) is 34.6 Å². The Morgan fingerprint density at radius 3 is 2.49 bits per heavy atom. The molecule has 0 bridgehead atoms. The normalized spacial score (nSPS) is 11.4. The number of nitrogens with one attached hydrogen (secondary N) is 1. The zero-order chi connectivity index (χ0) is 27.9. The van der Waals surface area contributed by atoms with Gasteiger partial charge in [0.2, 0.25) is 0 Å². The molecule has 0 saturated carbocycles. The van der Waals surface area contributed by atoms with Crippen molar-refractivity contribution in [3.8, 4) is 11.1 Å². The molecule has 0 fully saturated rings. The maximum atomic E-state index is 8.71. The number of hydrogen-bond donors (Lipinski definition) is 2. The number of carbonyl (C=O) groups excluding carboxylic acids is 2. The minimum absolute atomic E-state index is 0.0507. The molecular formula is C30H38N4O5. The number of likely N-dealkylation sites (N-methyl/N-ethyl adjacent to an activating group) is 1. The largest absolute Gasteiger partial charge is 0.394 e. The predicted octanol–water partition coefficient (Wildman–Crippen LogP) is 3.12. The van der Waals surface area contributed by atoms with Gasteiger partial charge in [-0.2, -0.15) is 9.59 Å². The van der Waals surface area contributed by atoms with Crippen molar-refractivity contribution in [2.24, 2.45) is 0 Å². The summed E-state index contributed by atoms with van der Waals surface area (Å²) in [4.78, 5) is 28.5. The molecule has 0 radical (unpaired) electrons. The van der Waals surface area contributed by atoms with Crippen LogP contribution in [0.3, 0.4) is 0 Å². The molecule has 1 aliphatic carbocycles. The number of ether oxygens (including phenoxy) is 2. The molecule has 9 nitrogen and oxygen atoms in total. The van der Waals surface area contributed by atoms with Gasteiger partial charge >= 0.3 is 6.15 Å². The van der Waals surface area contributed by atoms with Gasteiger partial charge in [-0.3, -0.25) is 0 Å². The molecule has 0 saturated heterocycles. The molecule has 0 aliphatic heterocycles. The maximum Gasteiger partial charge on any atom is 0.373 e. The van der Waals surface area contributed by atoms with Crippen LogP contribution in [-0.4, -0.2) is 85.8 Å². The Balaban J connectivity index is 0.00000134. The second-order valence-corrected chi connectivity index (χ2v) is 9.43. The van der Waals surface area contributed by atoms with Gasteiger partial charge in [0.1, 0.15) is 11.6 Å². The van der Waals surface area contributed by atoms with Crippen LogP contribution in [0.2, 0.25) is 0 Å². The van der Waals surface area contributed by atoms with E-state index < -0.39 is 0 Å². The van der Waals surface area contributed by atoms with E-state index in [-0.39, 0.29) is 12.8 Å². The molecular weight excluding hydrogens is 496 g/mol. The molecule has 4 rings (SSSR count). The Morgan fingerprint density at radius 2 is 1.74 bits per heavy atom. The highest BCUT2D eigenvalue weighted by Crippen LogP contribution is 2.40. The first-order valence-corrected chi connectivity index (χ1v) is 13.3. The van der Waals surface area contributed by atoms with E-state index >= 15 is 0 Å². The van der Waals surface area contributed by atoms with Crippen LogP contribution in [0.25, 0.3) is 11.1 Å². The molecule has 1 aliphatic rings. The molecule has 39 heavy (non-hydrogen) atoms. The number of aliphatic hydroxyl groups is 1. The molecule has 1 aromatic heterocycles. The number of fused-ring (bicyclic) bond motifs is 3. The van der Waals surface area contributed by atoms with Crippen LogP contribution < -0.4 is 5.32 Å². The predicted molar refractivity (Wildman–Crippen MR) is 149 cm³/mol. The van der Waals surface area contributed by atoms with E-state index in [0.717, 1.165) is 61.8 Å². The molecule has 1 heterocycles. The van der Waals surface area contributed by atoms with E-state index in [0.29, 0.717) is 26.4 Å².